The Morgan fingerprint density at radius 2 is 2.50 bits per heavy atom. The molecule has 0 spiro atoms. The molecule has 4 nitrogen and oxygen atoms in total. The summed E-state index contributed by atoms with van der Waals surface area (Å²) in [5.41, 5.74) is 6.86. The quantitative estimate of drug-likeness (QED) is 0.820. The maximum atomic E-state index is 5.62. The summed E-state index contributed by atoms with van der Waals surface area (Å²) in [4.78, 5) is 6.80. The predicted molar refractivity (Wildman–Crippen MR) is 64.6 cm³/mol. The number of rotatable bonds is 3. The van der Waals surface area contributed by atoms with E-state index in [1.165, 1.54) is 5.56 Å². The Labute approximate surface area is 96.4 Å². The van der Waals surface area contributed by atoms with Gasteiger partial charge in [-0.05, 0) is 31.5 Å². The normalized spacial score (nSPS) is 21.1. The Kier molecular flexibility index (Phi) is 3.74. The van der Waals surface area contributed by atoms with Crippen molar-refractivity contribution in [3.8, 4) is 0 Å². The van der Waals surface area contributed by atoms with Gasteiger partial charge in [-0.15, -0.1) is 0 Å². The van der Waals surface area contributed by atoms with Crippen molar-refractivity contribution in [1.82, 2.24) is 4.98 Å². The van der Waals surface area contributed by atoms with Gasteiger partial charge >= 0.3 is 0 Å². The van der Waals surface area contributed by atoms with Crippen LogP contribution in [0.5, 0.6) is 0 Å². The molecule has 0 saturated carbocycles. The average Bonchev–Trinajstić information content (AvgIpc) is 2.31. The van der Waals surface area contributed by atoms with Crippen LogP contribution < -0.4 is 10.6 Å². The molecule has 0 radical (unpaired) electrons. The molecule has 1 aromatic rings. The molecule has 0 aromatic carbocycles. The maximum Gasteiger partial charge on any atom is 0.132 e. The van der Waals surface area contributed by atoms with E-state index in [2.05, 4.69) is 22.9 Å². The number of ether oxygens (including phenoxy) is 1. The van der Waals surface area contributed by atoms with Crippen LogP contribution in [0.2, 0.25) is 0 Å². The third-order valence-corrected chi connectivity index (χ3v) is 2.92. The minimum atomic E-state index is 0.389. The summed E-state index contributed by atoms with van der Waals surface area (Å²) in [6, 6.07) is 4.47. The molecule has 1 fully saturated rings. The fourth-order valence-corrected chi connectivity index (χ4v) is 2.08. The van der Waals surface area contributed by atoms with Gasteiger partial charge in [0.2, 0.25) is 0 Å². The zero-order chi connectivity index (χ0) is 11.4. The van der Waals surface area contributed by atoms with Crippen LogP contribution in [0, 0.1) is 0 Å². The minimum absolute atomic E-state index is 0.389. The van der Waals surface area contributed by atoms with Crippen LogP contribution in [0.4, 0.5) is 5.82 Å². The smallest absolute Gasteiger partial charge is 0.132 e. The first kappa shape index (κ1) is 11.4. The van der Waals surface area contributed by atoms with Crippen LogP contribution in [0.25, 0.3) is 0 Å². The molecule has 4 heteroatoms. The minimum Gasteiger partial charge on any atom is -0.377 e. The summed E-state index contributed by atoms with van der Waals surface area (Å²) < 4.78 is 5.44. The van der Waals surface area contributed by atoms with Gasteiger partial charge in [0.05, 0.1) is 19.3 Å². The summed E-state index contributed by atoms with van der Waals surface area (Å²) in [5.74, 6) is 1.07. The molecule has 0 aliphatic carbocycles. The Morgan fingerprint density at radius 1 is 1.62 bits per heavy atom. The van der Waals surface area contributed by atoms with E-state index in [9.17, 15) is 0 Å². The lowest BCUT2D eigenvalue weighted by atomic mass is 10.1. The Balaban J connectivity index is 2.23. The Hall–Kier alpha value is -1.13. The second-order valence-corrected chi connectivity index (χ2v) is 4.14. The maximum absolute atomic E-state index is 5.62. The largest absolute Gasteiger partial charge is 0.377 e. The van der Waals surface area contributed by atoms with Crippen LogP contribution in [-0.4, -0.2) is 37.3 Å². The molecular formula is C12H19N3O. The number of nitrogens with zero attached hydrogens (tertiary/aromatic N) is 2. The number of morpholine rings is 1. The first-order valence-electron chi connectivity index (χ1n) is 5.81. The molecule has 1 unspecified atom stereocenters. The molecule has 2 rings (SSSR count). The van der Waals surface area contributed by atoms with Crippen molar-refractivity contribution in [2.24, 2.45) is 5.73 Å². The van der Waals surface area contributed by atoms with Crippen molar-refractivity contribution in [1.29, 1.82) is 0 Å². The van der Waals surface area contributed by atoms with Gasteiger partial charge in [0.1, 0.15) is 5.82 Å². The SMILES string of the molecule is CC1COCCN1c1ncccc1CCN. The van der Waals surface area contributed by atoms with Gasteiger partial charge in [0.25, 0.3) is 0 Å². The van der Waals surface area contributed by atoms with Crippen LogP contribution >= 0.6 is 0 Å². The highest BCUT2D eigenvalue weighted by Gasteiger charge is 2.21. The van der Waals surface area contributed by atoms with Crippen LogP contribution in [0.1, 0.15) is 12.5 Å². The van der Waals surface area contributed by atoms with E-state index < -0.39 is 0 Å². The highest BCUT2D eigenvalue weighted by atomic mass is 16.5. The summed E-state index contributed by atoms with van der Waals surface area (Å²) in [6.45, 7) is 5.30. The highest BCUT2D eigenvalue weighted by Crippen LogP contribution is 2.21. The molecule has 16 heavy (non-hydrogen) atoms. The average molecular weight is 221 g/mol. The lowest BCUT2D eigenvalue weighted by molar-refractivity contribution is 0.0984. The fraction of sp³-hybridized carbons (Fsp3) is 0.583. The molecule has 1 saturated heterocycles. The molecule has 1 aliphatic heterocycles. The van der Waals surface area contributed by atoms with Gasteiger partial charge in [-0.2, -0.15) is 0 Å². The third-order valence-electron chi connectivity index (χ3n) is 2.92. The highest BCUT2D eigenvalue weighted by molar-refractivity contribution is 5.48. The topological polar surface area (TPSA) is 51.4 Å². The van der Waals surface area contributed by atoms with E-state index in [0.717, 1.165) is 32.0 Å². The first-order chi connectivity index (χ1) is 7.83. The van der Waals surface area contributed by atoms with E-state index in [4.69, 9.17) is 10.5 Å². The van der Waals surface area contributed by atoms with E-state index in [1.807, 2.05) is 12.3 Å². The second-order valence-electron chi connectivity index (χ2n) is 4.14. The molecular weight excluding hydrogens is 202 g/mol. The molecule has 1 aliphatic rings. The predicted octanol–water partition coefficient (Wildman–Crippen LogP) is 0.808. The van der Waals surface area contributed by atoms with Crippen molar-refractivity contribution in [3.63, 3.8) is 0 Å². The first-order valence-corrected chi connectivity index (χ1v) is 5.81. The third kappa shape index (κ3) is 2.33. The number of anilines is 1. The van der Waals surface area contributed by atoms with Crippen LogP contribution in [-0.2, 0) is 11.2 Å². The molecule has 88 valence electrons. The van der Waals surface area contributed by atoms with Crippen molar-refractivity contribution >= 4 is 5.82 Å². The monoisotopic (exact) mass is 221 g/mol. The number of aromatic nitrogens is 1. The summed E-state index contributed by atoms with van der Waals surface area (Å²) >= 11 is 0. The molecule has 1 aromatic heterocycles. The van der Waals surface area contributed by atoms with Crippen molar-refractivity contribution in [3.05, 3.63) is 23.9 Å². The van der Waals surface area contributed by atoms with E-state index in [-0.39, 0.29) is 0 Å². The van der Waals surface area contributed by atoms with Crippen molar-refractivity contribution in [2.75, 3.05) is 31.2 Å². The van der Waals surface area contributed by atoms with Gasteiger partial charge in [0, 0.05) is 12.7 Å². The summed E-state index contributed by atoms with van der Waals surface area (Å²) in [6.07, 6.45) is 2.73. The zero-order valence-electron chi connectivity index (χ0n) is 9.72. The molecule has 2 heterocycles. The molecule has 1 atom stereocenters. The fourth-order valence-electron chi connectivity index (χ4n) is 2.08. The zero-order valence-corrected chi connectivity index (χ0v) is 9.72. The van der Waals surface area contributed by atoms with E-state index in [1.54, 1.807) is 0 Å². The lowest BCUT2D eigenvalue weighted by Crippen LogP contribution is -2.44. The van der Waals surface area contributed by atoms with Gasteiger partial charge in [-0.1, -0.05) is 6.07 Å². The van der Waals surface area contributed by atoms with Gasteiger partial charge in [-0.3, -0.25) is 0 Å². The van der Waals surface area contributed by atoms with Crippen LogP contribution in [0.3, 0.4) is 0 Å². The van der Waals surface area contributed by atoms with Crippen LogP contribution in [0.15, 0.2) is 18.3 Å². The van der Waals surface area contributed by atoms with Crippen molar-refractivity contribution < 1.29 is 4.74 Å². The molecule has 0 amide bonds. The number of nitrogens with two attached hydrogens (primary N) is 1. The molecule has 0 bridgehead atoms. The van der Waals surface area contributed by atoms with Crippen molar-refractivity contribution in [2.45, 2.75) is 19.4 Å². The standard InChI is InChI=1S/C12H19N3O/c1-10-9-16-8-7-15(10)12-11(4-5-13)3-2-6-14-12/h2-3,6,10H,4-5,7-9,13H2,1H3. The lowest BCUT2D eigenvalue weighted by Gasteiger charge is -2.35. The van der Waals surface area contributed by atoms with Gasteiger partial charge < -0.3 is 15.4 Å². The number of pyridine rings is 1. The number of hydrogen-bond donors (Lipinski definition) is 1. The summed E-state index contributed by atoms with van der Waals surface area (Å²) in [7, 11) is 0. The Bertz CT molecular complexity index is 343. The number of hydrogen-bond acceptors (Lipinski definition) is 4. The Morgan fingerprint density at radius 3 is 3.25 bits per heavy atom. The van der Waals surface area contributed by atoms with E-state index in [0.29, 0.717) is 12.6 Å². The molecule has 2 N–H and O–H groups in total. The van der Waals surface area contributed by atoms with Gasteiger partial charge in [0.15, 0.2) is 0 Å². The van der Waals surface area contributed by atoms with Gasteiger partial charge in [-0.25, -0.2) is 4.98 Å². The summed E-state index contributed by atoms with van der Waals surface area (Å²) in [5, 5.41) is 0. The second kappa shape index (κ2) is 5.27. The van der Waals surface area contributed by atoms with E-state index >= 15 is 0 Å².